The topological polar surface area (TPSA) is 66.3 Å². The van der Waals surface area contributed by atoms with Crippen LogP contribution in [0.4, 0.5) is 5.95 Å². The van der Waals surface area contributed by atoms with Crippen molar-refractivity contribution < 1.29 is 9.90 Å². The van der Waals surface area contributed by atoms with Gasteiger partial charge < -0.3 is 10.0 Å². The molecule has 0 radical (unpaired) electrons. The van der Waals surface area contributed by atoms with E-state index in [1.54, 1.807) is 0 Å². The van der Waals surface area contributed by atoms with Gasteiger partial charge in [0.15, 0.2) is 0 Å². The zero-order valence-corrected chi connectivity index (χ0v) is 11.1. The molecule has 2 heterocycles. The summed E-state index contributed by atoms with van der Waals surface area (Å²) in [4.78, 5) is 21.5. The van der Waals surface area contributed by atoms with Crippen molar-refractivity contribution >= 4 is 11.9 Å². The SMILES string of the molecule is CC(C)(C)c1cnc(N2CCC(C(=O)O)C2)nc1. The maximum absolute atomic E-state index is 10.9. The number of carboxylic acid groups (broad SMARTS) is 1. The van der Waals surface area contributed by atoms with Crippen LogP contribution in [0.15, 0.2) is 12.4 Å². The number of carbonyl (C=O) groups is 1. The molecule has 0 aromatic carbocycles. The average Bonchev–Trinajstić information content (AvgIpc) is 2.77. The van der Waals surface area contributed by atoms with E-state index < -0.39 is 5.97 Å². The van der Waals surface area contributed by atoms with E-state index in [1.807, 2.05) is 17.3 Å². The van der Waals surface area contributed by atoms with Crippen LogP contribution in [-0.4, -0.2) is 34.1 Å². The highest BCUT2D eigenvalue weighted by atomic mass is 16.4. The van der Waals surface area contributed by atoms with Crippen molar-refractivity contribution in [2.24, 2.45) is 5.92 Å². The average molecular weight is 249 g/mol. The second kappa shape index (κ2) is 4.55. The summed E-state index contributed by atoms with van der Waals surface area (Å²) in [7, 11) is 0. The monoisotopic (exact) mass is 249 g/mol. The lowest BCUT2D eigenvalue weighted by molar-refractivity contribution is -0.140. The number of nitrogens with zero attached hydrogens (tertiary/aromatic N) is 3. The summed E-state index contributed by atoms with van der Waals surface area (Å²) in [6.07, 6.45) is 4.33. The number of carboxylic acids is 1. The van der Waals surface area contributed by atoms with Gasteiger partial charge >= 0.3 is 5.97 Å². The molecule has 1 aliphatic heterocycles. The van der Waals surface area contributed by atoms with E-state index >= 15 is 0 Å². The van der Waals surface area contributed by atoms with Crippen molar-refractivity contribution in [3.05, 3.63) is 18.0 Å². The lowest BCUT2D eigenvalue weighted by atomic mass is 9.89. The van der Waals surface area contributed by atoms with Crippen LogP contribution in [0.5, 0.6) is 0 Å². The fraction of sp³-hybridized carbons (Fsp3) is 0.615. The van der Waals surface area contributed by atoms with Crippen molar-refractivity contribution in [1.82, 2.24) is 9.97 Å². The molecular formula is C13H19N3O2. The van der Waals surface area contributed by atoms with Crippen LogP contribution in [0.1, 0.15) is 32.8 Å². The van der Waals surface area contributed by atoms with E-state index in [4.69, 9.17) is 5.11 Å². The number of aliphatic carboxylic acids is 1. The lowest BCUT2D eigenvalue weighted by Gasteiger charge is -2.20. The van der Waals surface area contributed by atoms with Gasteiger partial charge in [0.1, 0.15) is 0 Å². The van der Waals surface area contributed by atoms with Crippen molar-refractivity contribution in [2.75, 3.05) is 18.0 Å². The fourth-order valence-corrected chi connectivity index (χ4v) is 2.02. The Labute approximate surface area is 107 Å². The number of aromatic nitrogens is 2. The first-order valence-electron chi connectivity index (χ1n) is 6.18. The second-order valence-electron chi connectivity index (χ2n) is 5.79. The molecule has 0 aliphatic carbocycles. The van der Waals surface area contributed by atoms with Crippen molar-refractivity contribution in [2.45, 2.75) is 32.6 Å². The van der Waals surface area contributed by atoms with E-state index in [0.717, 1.165) is 5.56 Å². The summed E-state index contributed by atoms with van der Waals surface area (Å²) in [5.74, 6) is -0.397. The number of hydrogen-bond acceptors (Lipinski definition) is 4. The van der Waals surface area contributed by atoms with Crippen LogP contribution in [0.25, 0.3) is 0 Å². The van der Waals surface area contributed by atoms with E-state index in [2.05, 4.69) is 30.7 Å². The lowest BCUT2D eigenvalue weighted by Crippen LogP contribution is -2.24. The molecule has 98 valence electrons. The molecule has 0 spiro atoms. The molecule has 1 aromatic rings. The molecule has 0 amide bonds. The number of hydrogen-bond donors (Lipinski definition) is 1. The summed E-state index contributed by atoms with van der Waals surface area (Å²) in [6.45, 7) is 7.56. The molecular weight excluding hydrogens is 230 g/mol. The van der Waals surface area contributed by atoms with Crippen LogP contribution in [0, 0.1) is 5.92 Å². The van der Waals surface area contributed by atoms with Gasteiger partial charge in [-0.25, -0.2) is 9.97 Å². The first-order chi connectivity index (χ1) is 8.38. The molecule has 1 saturated heterocycles. The molecule has 1 aromatic heterocycles. The zero-order valence-electron chi connectivity index (χ0n) is 11.1. The second-order valence-corrected chi connectivity index (χ2v) is 5.79. The Bertz CT molecular complexity index is 437. The molecule has 0 saturated carbocycles. The summed E-state index contributed by atoms with van der Waals surface area (Å²) < 4.78 is 0. The predicted octanol–water partition coefficient (Wildman–Crippen LogP) is 1.69. The smallest absolute Gasteiger partial charge is 0.308 e. The third-order valence-electron chi connectivity index (χ3n) is 3.32. The van der Waals surface area contributed by atoms with Gasteiger partial charge in [-0.3, -0.25) is 4.79 Å². The van der Waals surface area contributed by atoms with Crippen LogP contribution in [0.3, 0.4) is 0 Å². The molecule has 1 N–H and O–H groups in total. The maximum Gasteiger partial charge on any atom is 0.308 e. The largest absolute Gasteiger partial charge is 0.481 e. The molecule has 18 heavy (non-hydrogen) atoms. The van der Waals surface area contributed by atoms with Gasteiger partial charge in [-0.05, 0) is 17.4 Å². The summed E-state index contributed by atoms with van der Waals surface area (Å²) in [6, 6.07) is 0. The van der Waals surface area contributed by atoms with Gasteiger partial charge in [-0.1, -0.05) is 20.8 Å². The minimum atomic E-state index is -0.733. The maximum atomic E-state index is 10.9. The third-order valence-corrected chi connectivity index (χ3v) is 3.32. The molecule has 2 rings (SSSR count). The molecule has 0 bridgehead atoms. The normalized spacial score (nSPS) is 20.2. The van der Waals surface area contributed by atoms with E-state index in [0.29, 0.717) is 25.5 Å². The Morgan fingerprint density at radius 2 is 2.00 bits per heavy atom. The molecule has 5 nitrogen and oxygen atoms in total. The van der Waals surface area contributed by atoms with Gasteiger partial charge in [-0.2, -0.15) is 0 Å². The van der Waals surface area contributed by atoms with Crippen LogP contribution in [-0.2, 0) is 10.2 Å². The van der Waals surface area contributed by atoms with Gasteiger partial charge in [0.2, 0.25) is 5.95 Å². The fourth-order valence-electron chi connectivity index (χ4n) is 2.02. The summed E-state index contributed by atoms with van der Waals surface area (Å²) >= 11 is 0. The van der Waals surface area contributed by atoms with Gasteiger partial charge in [0, 0.05) is 25.5 Å². The van der Waals surface area contributed by atoms with Gasteiger partial charge in [-0.15, -0.1) is 0 Å². The predicted molar refractivity (Wildman–Crippen MR) is 68.7 cm³/mol. The Hall–Kier alpha value is -1.65. The zero-order chi connectivity index (χ0) is 13.3. The van der Waals surface area contributed by atoms with E-state index in [9.17, 15) is 4.79 Å². The molecule has 5 heteroatoms. The minimum Gasteiger partial charge on any atom is -0.481 e. The highest BCUT2D eigenvalue weighted by molar-refractivity contribution is 5.71. The highest BCUT2D eigenvalue weighted by Crippen LogP contribution is 2.24. The van der Waals surface area contributed by atoms with Crippen molar-refractivity contribution in [1.29, 1.82) is 0 Å². The Kier molecular flexibility index (Phi) is 3.24. The van der Waals surface area contributed by atoms with Crippen molar-refractivity contribution in [3.8, 4) is 0 Å². The van der Waals surface area contributed by atoms with Gasteiger partial charge in [0.05, 0.1) is 5.92 Å². The first kappa shape index (κ1) is 12.8. The molecule has 1 atom stereocenters. The standard InChI is InChI=1S/C13H19N3O2/c1-13(2,3)10-6-14-12(15-7-10)16-5-4-9(8-16)11(17)18/h6-7,9H,4-5,8H2,1-3H3,(H,17,18). The molecule has 1 aliphatic rings. The van der Waals surface area contributed by atoms with Gasteiger partial charge in [0.25, 0.3) is 0 Å². The van der Waals surface area contributed by atoms with Crippen LogP contribution >= 0.6 is 0 Å². The quantitative estimate of drug-likeness (QED) is 0.864. The summed E-state index contributed by atoms with van der Waals surface area (Å²) in [5, 5.41) is 8.96. The molecule has 1 fully saturated rings. The summed E-state index contributed by atoms with van der Waals surface area (Å²) in [5.41, 5.74) is 1.12. The first-order valence-corrected chi connectivity index (χ1v) is 6.18. The van der Waals surface area contributed by atoms with E-state index in [1.165, 1.54) is 0 Å². The van der Waals surface area contributed by atoms with E-state index in [-0.39, 0.29) is 11.3 Å². The number of rotatable bonds is 2. The molecule has 1 unspecified atom stereocenters. The third kappa shape index (κ3) is 2.60. The Morgan fingerprint density at radius 3 is 2.44 bits per heavy atom. The van der Waals surface area contributed by atoms with Crippen LogP contribution in [0.2, 0.25) is 0 Å². The van der Waals surface area contributed by atoms with Crippen LogP contribution < -0.4 is 4.90 Å². The Morgan fingerprint density at radius 1 is 1.39 bits per heavy atom. The minimum absolute atomic E-state index is 0.0349. The van der Waals surface area contributed by atoms with Crippen molar-refractivity contribution in [3.63, 3.8) is 0 Å². The highest BCUT2D eigenvalue weighted by Gasteiger charge is 2.29. The Balaban J connectivity index is 2.10. The number of anilines is 1.